The zero-order valence-corrected chi connectivity index (χ0v) is 18.1. The van der Waals surface area contributed by atoms with Crippen LogP contribution in [0.25, 0.3) is 0 Å². The minimum absolute atomic E-state index is 0.0417. The van der Waals surface area contributed by atoms with Crippen molar-refractivity contribution < 1.29 is 18.0 Å². The number of aromatic amines is 1. The Labute approximate surface area is 173 Å². The van der Waals surface area contributed by atoms with Gasteiger partial charge in [-0.2, -0.15) is 0 Å². The highest BCUT2D eigenvalue weighted by Crippen LogP contribution is 2.53. The summed E-state index contributed by atoms with van der Waals surface area (Å²) in [4.78, 5) is 26.3. The van der Waals surface area contributed by atoms with Gasteiger partial charge >= 0.3 is 5.69 Å². The Bertz CT molecular complexity index is 848. The van der Waals surface area contributed by atoms with E-state index < -0.39 is 39.9 Å². The molecule has 0 spiro atoms. The van der Waals surface area contributed by atoms with E-state index in [9.17, 15) is 9.59 Å². The molecule has 1 N–H and O–H groups in total. The highest BCUT2D eigenvalue weighted by atomic mass is 32.2. The second-order valence-corrected chi connectivity index (χ2v) is 9.25. The smallest absolute Gasteiger partial charge is 0.330 e. The van der Waals surface area contributed by atoms with Gasteiger partial charge in [0, 0.05) is 24.2 Å². The third-order valence-electron chi connectivity index (χ3n) is 5.03. The number of H-pyrrole nitrogens is 1. The Kier molecular flexibility index (Phi) is 6.50. The van der Waals surface area contributed by atoms with Crippen molar-refractivity contribution in [3.63, 3.8) is 0 Å². The third-order valence-corrected chi connectivity index (χ3v) is 7.31. The van der Waals surface area contributed by atoms with Gasteiger partial charge in [-0.25, -0.2) is 9.46 Å². The zero-order valence-electron chi connectivity index (χ0n) is 18.4. The summed E-state index contributed by atoms with van der Waals surface area (Å²) in [5, 5.41) is 0. The molecule has 1 aromatic rings. The molecule has 0 saturated carbocycles. The second kappa shape index (κ2) is 9.42. The lowest BCUT2D eigenvalue weighted by Gasteiger charge is -2.24. The number of aryl methyl sites for hydroxylation is 1. The molecule has 2 fully saturated rings. The van der Waals surface area contributed by atoms with Gasteiger partial charge in [0.15, 0.2) is 0 Å². The lowest BCUT2D eigenvalue weighted by Crippen LogP contribution is -2.33. The molecule has 156 valence electrons. The molecule has 0 bridgehead atoms. The standard InChI is InChI=1S/C16H27BN3O6PS/c1-9-6-20(16(22)18-15(9)21)14-5-12(13(24-14)7-23-28-8-17)26-27-19(4)10(2)11(3)25-27/h6,10-14H,5,7-8,17H2,1-4H3,(H,18,21,22)/t10-,11+,12?,13?,14?,27?/m0/s1/i17TD. The summed E-state index contributed by atoms with van der Waals surface area (Å²) in [6, 6.07) is 0.218. The predicted octanol–water partition coefficient (Wildman–Crippen LogP) is 0.739. The van der Waals surface area contributed by atoms with E-state index in [1.165, 1.54) is 10.8 Å². The number of rotatable bonds is 8. The first-order valence-electron chi connectivity index (χ1n) is 10.3. The van der Waals surface area contributed by atoms with Crippen LogP contribution in [0.5, 0.6) is 0 Å². The molecule has 2 aliphatic rings. The molecule has 6 atom stereocenters. The Balaban J connectivity index is 1.73. The largest absolute Gasteiger partial charge is 0.349 e. The van der Waals surface area contributed by atoms with E-state index in [0.29, 0.717) is 12.0 Å². The van der Waals surface area contributed by atoms with Crippen molar-refractivity contribution in [3.8, 4) is 0 Å². The van der Waals surface area contributed by atoms with Crippen LogP contribution in [0.15, 0.2) is 15.8 Å². The monoisotopic (exact) mass is 434 g/mol. The highest BCUT2D eigenvalue weighted by molar-refractivity contribution is 7.95. The second-order valence-electron chi connectivity index (χ2n) is 6.92. The van der Waals surface area contributed by atoms with Crippen LogP contribution in [-0.2, 0) is 18.0 Å². The van der Waals surface area contributed by atoms with Gasteiger partial charge in [-0.15, -0.1) is 0 Å². The number of hydrogen-bond donors (Lipinski definition) is 1. The summed E-state index contributed by atoms with van der Waals surface area (Å²) in [6.07, 6.45) is 0.446. The Hall–Kier alpha value is -0.675. The van der Waals surface area contributed by atoms with Crippen LogP contribution >= 0.6 is 20.6 Å². The van der Waals surface area contributed by atoms with E-state index in [0.717, 1.165) is 12.0 Å². The van der Waals surface area contributed by atoms with Crippen LogP contribution < -0.4 is 11.2 Å². The fourth-order valence-corrected chi connectivity index (χ4v) is 5.14. The zero-order chi connectivity index (χ0) is 22.0. The van der Waals surface area contributed by atoms with Crippen LogP contribution in [0.3, 0.4) is 0 Å². The fourth-order valence-electron chi connectivity index (χ4n) is 3.07. The molecule has 9 nitrogen and oxygen atoms in total. The lowest BCUT2D eigenvalue weighted by molar-refractivity contribution is -0.0349. The van der Waals surface area contributed by atoms with Crippen molar-refractivity contribution in [2.45, 2.75) is 57.8 Å². The molecule has 4 unspecified atom stereocenters. The van der Waals surface area contributed by atoms with Crippen molar-refractivity contribution >= 4 is 28.3 Å². The van der Waals surface area contributed by atoms with Gasteiger partial charge in [0.1, 0.15) is 20.1 Å². The van der Waals surface area contributed by atoms with E-state index in [4.69, 9.17) is 20.6 Å². The summed E-state index contributed by atoms with van der Waals surface area (Å²) in [5.41, 5.74) is -0.341. The Morgan fingerprint density at radius 3 is 3.04 bits per heavy atom. The minimum Gasteiger partial charge on any atom is -0.349 e. The summed E-state index contributed by atoms with van der Waals surface area (Å²) in [7, 11) is -0.299. The summed E-state index contributed by atoms with van der Waals surface area (Å²) >= 11 is 1.04. The van der Waals surface area contributed by atoms with Crippen molar-refractivity contribution in [3.05, 3.63) is 32.6 Å². The van der Waals surface area contributed by atoms with Gasteiger partial charge in [0.05, 0.1) is 18.8 Å². The molecular weight excluding hydrogens is 404 g/mol. The normalized spacial score (nSPS) is 34.4. The molecule has 2 saturated heterocycles. The summed E-state index contributed by atoms with van der Waals surface area (Å²) in [6.45, 7) is 5.87. The van der Waals surface area contributed by atoms with E-state index in [1.54, 1.807) is 6.92 Å². The number of nitrogens with zero attached hydrogens (tertiary/aromatic N) is 2. The number of aromatic nitrogens is 2. The van der Waals surface area contributed by atoms with Crippen LogP contribution in [0.2, 0.25) is 0 Å². The van der Waals surface area contributed by atoms with Crippen LogP contribution in [0.1, 0.15) is 32.1 Å². The maximum atomic E-state index is 12.3. The molecule has 28 heavy (non-hydrogen) atoms. The van der Waals surface area contributed by atoms with Gasteiger partial charge < -0.3 is 18.0 Å². The van der Waals surface area contributed by atoms with Crippen molar-refractivity contribution in [2.75, 3.05) is 19.3 Å². The predicted molar refractivity (Wildman–Crippen MR) is 111 cm³/mol. The molecule has 12 heteroatoms. The first-order valence-corrected chi connectivity index (χ1v) is 11.1. The van der Waals surface area contributed by atoms with Crippen LogP contribution in [-0.4, -0.2) is 68.3 Å². The number of likely N-dealkylation sites (N-methyl/N-ethyl adjacent to an activating group) is 1. The Morgan fingerprint density at radius 2 is 2.36 bits per heavy atom. The molecule has 3 rings (SSSR count). The van der Waals surface area contributed by atoms with E-state index in [-0.39, 0.29) is 30.5 Å². The quantitative estimate of drug-likeness (QED) is 0.277. The van der Waals surface area contributed by atoms with Gasteiger partial charge in [0.2, 0.25) is 0 Å². The van der Waals surface area contributed by atoms with E-state index in [2.05, 4.69) is 16.6 Å². The van der Waals surface area contributed by atoms with Crippen LogP contribution in [0.4, 0.5) is 0 Å². The number of hydrogen-bond acceptors (Lipinski definition) is 8. The molecule has 1 aromatic heterocycles. The number of nitrogens with one attached hydrogen (secondary N) is 1. The summed E-state index contributed by atoms with van der Waals surface area (Å²) in [5.74, 6) is 0. The van der Waals surface area contributed by atoms with Crippen molar-refractivity contribution in [1.82, 2.24) is 14.2 Å². The van der Waals surface area contributed by atoms with E-state index in [1.807, 2.05) is 14.0 Å². The van der Waals surface area contributed by atoms with Gasteiger partial charge in [-0.3, -0.25) is 14.3 Å². The maximum Gasteiger partial charge on any atom is 0.330 e. The number of ether oxygens (including phenoxy) is 1. The molecule has 0 aliphatic carbocycles. The molecule has 2 aliphatic heterocycles. The molecule has 0 radical (unpaired) electrons. The van der Waals surface area contributed by atoms with Crippen molar-refractivity contribution in [1.29, 1.82) is 2.67 Å². The fraction of sp³-hybridized carbons (Fsp3) is 0.750. The van der Waals surface area contributed by atoms with Gasteiger partial charge in [-0.1, -0.05) is 0 Å². The topological polar surface area (TPSA) is 95.0 Å². The first kappa shape index (κ1) is 19.3. The van der Waals surface area contributed by atoms with Crippen molar-refractivity contribution in [2.24, 2.45) is 0 Å². The van der Waals surface area contributed by atoms with Gasteiger partial charge in [-0.05, 0) is 48.2 Å². The molecule has 0 aromatic carbocycles. The average Bonchev–Trinajstić information content (AvgIpc) is 3.18. The molecule has 3 heterocycles. The van der Waals surface area contributed by atoms with Crippen LogP contribution in [0, 0.1) is 6.92 Å². The van der Waals surface area contributed by atoms with E-state index >= 15 is 0 Å². The lowest BCUT2D eigenvalue weighted by atomic mass is 10.2. The molecule has 0 amide bonds. The maximum absolute atomic E-state index is 12.3. The molecular formula is C16H27BN3O6PS. The SMILES string of the molecule is [2H]B([3H])CSOCC1OC(n2cc(C)c(=O)[nH]c2=O)CC1OP1O[C@H](C)[C@H](C)N1C. The minimum atomic E-state index is -1.27. The first-order chi connectivity index (χ1) is 14.2. The summed E-state index contributed by atoms with van der Waals surface area (Å²) < 4.78 is 41.7. The third kappa shape index (κ3) is 4.72. The highest BCUT2D eigenvalue weighted by Gasteiger charge is 2.44. The Morgan fingerprint density at radius 1 is 1.57 bits per heavy atom. The van der Waals surface area contributed by atoms with Gasteiger partial charge in [0.25, 0.3) is 14.1 Å². The average molecular weight is 434 g/mol.